The number of rotatable bonds is 3. The molecule has 0 fully saturated rings. The van der Waals surface area contributed by atoms with Crippen molar-refractivity contribution < 1.29 is 4.79 Å². The van der Waals surface area contributed by atoms with Gasteiger partial charge in [-0.25, -0.2) is 0 Å². The van der Waals surface area contributed by atoms with Gasteiger partial charge < -0.3 is 0 Å². The Bertz CT molecular complexity index is 755. The van der Waals surface area contributed by atoms with Gasteiger partial charge in [-0.1, -0.05) is 66.7 Å². The second kappa shape index (κ2) is 5.76. The normalized spacial score (nSPS) is 10.3. The average Bonchev–Trinajstić information content (AvgIpc) is 2.56. The lowest BCUT2D eigenvalue weighted by molar-refractivity contribution is 0.101. The molecule has 21 heavy (non-hydrogen) atoms. The van der Waals surface area contributed by atoms with Crippen molar-refractivity contribution in [3.63, 3.8) is 0 Å². The van der Waals surface area contributed by atoms with Crippen LogP contribution in [-0.4, -0.2) is 5.78 Å². The van der Waals surface area contributed by atoms with Crippen LogP contribution in [-0.2, 0) is 0 Å². The number of benzene rings is 3. The lowest BCUT2D eigenvalue weighted by atomic mass is 9.98. The summed E-state index contributed by atoms with van der Waals surface area (Å²) >= 11 is 0. The molecule has 0 unspecified atom stereocenters. The van der Waals surface area contributed by atoms with Gasteiger partial charge in [0.1, 0.15) is 0 Å². The van der Waals surface area contributed by atoms with Gasteiger partial charge in [0.15, 0.2) is 5.78 Å². The van der Waals surface area contributed by atoms with Crippen molar-refractivity contribution in [2.75, 3.05) is 0 Å². The molecule has 1 heteroatoms. The number of hydrogen-bond donors (Lipinski definition) is 0. The molecular weight excluding hydrogens is 256 g/mol. The molecule has 0 spiro atoms. The third kappa shape index (κ3) is 2.92. The standard InChI is InChI=1S/C20H15O/c1-15(21)19-8-5-9-20(14-19)18-12-10-17(11-13-18)16-6-3-2-4-7-16/h3-14H,1H3. The third-order valence-electron chi connectivity index (χ3n) is 3.54. The molecule has 3 rings (SSSR count). The summed E-state index contributed by atoms with van der Waals surface area (Å²) in [5.41, 5.74) is 5.28. The lowest BCUT2D eigenvalue weighted by Gasteiger charge is -2.06. The second-order valence-electron chi connectivity index (χ2n) is 5.00. The molecule has 0 amide bonds. The molecule has 0 saturated heterocycles. The van der Waals surface area contributed by atoms with Gasteiger partial charge in [-0.15, -0.1) is 0 Å². The Hall–Kier alpha value is -2.67. The smallest absolute Gasteiger partial charge is 0.159 e. The lowest BCUT2D eigenvalue weighted by Crippen LogP contribution is -1.91. The van der Waals surface area contributed by atoms with Crippen LogP contribution in [0.3, 0.4) is 0 Å². The monoisotopic (exact) mass is 271 g/mol. The molecule has 1 radical (unpaired) electrons. The first-order valence-corrected chi connectivity index (χ1v) is 6.92. The molecule has 0 heterocycles. The van der Waals surface area contributed by atoms with Gasteiger partial charge in [0, 0.05) is 5.56 Å². The predicted octanol–water partition coefficient (Wildman–Crippen LogP) is 5.02. The van der Waals surface area contributed by atoms with E-state index in [1.807, 2.05) is 48.5 Å². The van der Waals surface area contributed by atoms with Crippen molar-refractivity contribution in [2.24, 2.45) is 0 Å². The molecule has 0 N–H and O–H groups in total. The summed E-state index contributed by atoms with van der Waals surface area (Å²) in [6, 6.07) is 27.1. The summed E-state index contributed by atoms with van der Waals surface area (Å²) in [6.45, 7) is 1.59. The number of carbonyl (C=O) groups excluding carboxylic acids is 1. The maximum absolute atomic E-state index is 11.5. The van der Waals surface area contributed by atoms with Crippen molar-refractivity contribution in [3.8, 4) is 22.3 Å². The highest BCUT2D eigenvalue weighted by Gasteiger charge is 2.03. The van der Waals surface area contributed by atoms with E-state index in [0.717, 1.165) is 16.7 Å². The highest BCUT2D eigenvalue weighted by molar-refractivity contribution is 5.95. The Morgan fingerprint density at radius 1 is 0.762 bits per heavy atom. The van der Waals surface area contributed by atoms with Crippen LogP contribution < -0.4 is 0 Å². The van der Waals surface area contributed by atoms with E-state index in [-0.39, 0.29) is 5.78 Å². The van der Waals surface area contributed by atoms with Crippen molar-refractivity contribution in [3.05, 3.63) is 84.4 Å². The Kier molecular flexibility index (Phi) is 3.65. The molecule has 0 bridgehead atoms. The Labute approximate surface area is 124 Å². The van der Waals surface area contributed by atoms with E-state index < -0.39 is 0 Å². The average molecular weight is 271 g/mol. The summed E-state index contributed by atoms with van der Waals surface area (Å²) in [4.78, 5) is 11.5. The molecule has 0 atom stereocenters. The highest BCUT2D eigenvalue weighted by atomic mass is 16.1. The fourth-order valence-corrected chi connectivity index (χ4v) is 2.35. The summed E-state index contributed by atoms with van der Waals surface area (Å²) in [6.07, 6.45) is 0. The molecule has 101 valence electrons. The predicted molar refractivity (Wildman–Crippen MR) is 86.2 cm³/mol. The van der Waals surface area contributed by atoms with Gasteiger partial charge in [-0.05, 0) is 41.3 Å². The second-order valence-corrected chi connectivity index (χ2v) is 5.00. The van der Waals surface area contributed by atoms with E-state index in [9.17, 15) is 4.79 Å². The number of Topliss-reactive ketones (excluding diaryl/α,β-unsaturated/α-hetero) is 1. The summed E-state index contributed by atoms with van der Waals surface area (Å²) in [5.74, 6) is 0.0917. The molecule has 0 aromatic heterocycles. The molecule has 0 aliphatic rings. The van der Waals surface area contributed by atoms with Gasteiger partial charge in [0.2, 0.25) is 0 Å². The maximum atomic E-state index is 11.5. The summed E-state index contributed by atoms with van der Waals surface area (Å²) in [7, 11) is 0. The van der Waals surface area contributed by atoms with Crippen LogP contribution in [0.2, 0.25) is 0 Å². The summed E-state index contributed by atoms with van der Waals surface area (Å²) < 4.78 is 0. The van der Waals surface area contributed by atoms with Crippen molar-refractivity contribution >= 4 is 5.78 Å². The van der Waals surface area contributed by atoms with Crippen LogP contribution in [0.1, 0.15) is 17.3 Å². The molecule has 3 aromatic rings. The number of hydrogen-bond acceptors (Lipinski definition) is 1. The first kappa shape index (κ1) is 13.3. The Balaban J connectivity index is 1.94. The molecular formula is C20H15O. The van der Waals surface area contributed by atoms with Crippen molar-refractivity contribution in [1.29, 1.82) is 0 Å². The zero-order chi connectivity index (χ0) is 14.7. The van der Waals surface area contributed by atoms with Crippen LogP contribution in [0, 0.1) is 6.07 Å². The largest absolute Gasteiger partial charge is 0.295 e. The Morgan fingerprint density at radius 2 is 1.33 bits per heavy atom. The fraction of sp³-hybridized carbons (Fsp3) is 0.0500. The van der Waals surface area contributed by atoms with Crippen LogP contribution in [0.25, 0.3) is 22.3 Å². The van der Waals surface area contributed by atoms with E-state index in [4.69, 9.17) is 0 Å². The van der Waals surface area contributed by atoms with E-state index in [1.165, 1.54) is 11.1 Å². The molecule has 0 aliphatic heterocycles. The van der Waals surface area contributed by atoms with E-state index in [0.29, 0.717) is 0 Å². The first-order valence-electron chi connectivity index (χ1n) is 6.92. The SMILES string of the molecule is CC(=O)c1cccc(-c2ccc(-c3cc[c]cc3)cc2)c1. The minimum atomic E-state index is 0.0917. The molecule has 0 saturated carbocycles. The quantitative estimate of drug-likeness (QED) is 0.611. The minimum absolute atomic E-state index is 0.0917. The zero-order valence-electron chi connectivity index (χ0n) is 11.8. The minimum Gasteiger partial charge on any atom is -0.295 e. The van der Waals surface area contributed by atoms with Crippen LogP contribution in [0.15, 0.2) is 72.8 Å². The summed E-state index contributed by atoms with van der Waals surface area (Å²) in [5, 5.41) is 0. The fourth-order valence-electron chi connectivity index (χ4n) is 2.35. The topological polar surface area (TPSA) is 17.1 Å². The van der Waals surface area contributed by atoms with Gasteiger partial charge in [-0.2, -0.15) is 0 Å². The van der Waals surface area contributed by atoms with Crippen LogP contribution in [0.4, 0.5) is 0 Å². The van der Waals surface area contributed by atoms with E-state index in [2.05, 4.69) is 30.3 Å². The molecule has 0 aliphatic carbocycles. The van der Waals surface area contributed by atoms with Crippen molar-refractivity contribution in [2.45, 2.75) is 6.92 Å². The van der Waals surface area contributed by atoms with Gasteiger partial charge in [-0.3, -0.25) is 4.79 Å². The van der Waals surface area contributed by atoms with Crippen molar-refractivity contribution in [1.82, 2.24) is 0 Å². The zero-order valence-corrected chi connectivity index (χ0v) is 11.8. The van der Waals surface area contributed by atoms with Gasteiger partial charge in [0.05, 0.1) is 0 Å². The first-order chi connectivity index (χ1) is 10.2. The van der Waals surface area contributed by atoms with Gasteiger partial charge >= 0.3 is 0 Å². The van der Waals surface area contributed by atoms with Crippen LogP contribution in [0.5, 0.6) is 0 Å². The Morgan fingerprint density at radius 3 is 1.95 bits per heavy atom. The van der Waals surface area contributed by atoms with E-state index >= 15 is 0 Å². The molecule has 1 nitrogen and oxygen atoms in total. The highest BCUT2D eigenvalue weighted by Crippen LogP contribution is 2.25. The van der Waals surface area contributed by atoms with E-state index in [1.54, 1.807) is 6.92 Å². The van der Waals surface area contributed by atoms with Gasteiger partial charge in [0.25, 0.3) is 0 Å². The molecule has 3 aromatic carbocycles. The van der Waals surface area contributed by atoms with Crippen LogP contribution >= 0.6 is 0 Å². The third-order valence-corrected chi connectivity index (χ3v) is 3.54. The number of ketones is 1. The number of carbonyl (C=O) groups is 1. The maximum Gasteiger partial charge on any atom is 0.159 e.